The fourth-order valence-electron chi connectivity index (χ4n) is 3.94. The van der Waals surface area contributed by atoms with E-state index >= 15 is 0 Å². The molecular formula is C24H36O4S. The molecule has 5 heteroatoms. The van der Waals surface area contributed by atoms with Crippen molar-refractivity contribution < 1.29 is 19.4 Å². The first-order chi connectivity index (χ1) is 13.7. The number of allylic oxidation sites excluding steroid dienone is 4. The molecule has 4 nitrogen and oxygen atoms in total. The summed E-state index contributed by atoms with van der Waals surface area (Å²) in [6.07, 6.45) is 15.3. The maximum absolute atomic E-state index is 10.8. The van der Waals surface area contributed by atoms with Gasteiger partial charge in [0.05, 0.1) is 12.0 Å². The topological polar surface area (TPSA) is 55.8 Å². The number of carboxylic acids is 1. The molecule has 0 aromatic heterocycles. The number of aliphatic carboxylic acids is 1. The van der Waals surface area contributed by atoms with Gasteiger partial charge in [-0.1, -0.05) is 31.6 Å². The van der Waals surface area contributed by atoms with Crippen LogP contribution in [0.25, 0.3) is 0 Å². The van der Waals surface area contributed by atoms with Crippen molar-refractivity contribution in [2.24, 2.45) is 5.92 Å². The number of thiol groups is 1. The lowest BCUT2D eigenvalue weighted by Crippen LogP contribution is -2.33. The van der Waals surface area contributed by atoms with Crippen LogP contribution in [0.15, 0.2) is 46.8 Å². The van der Waals surface area contributed by atoms with Gasteiger partial charge in [0.15, 0.2) is 0 Å². The first-order valence-corrected chi connectivity index (χ1v) is 11.3. The molecule has 0 aromatic carbocycles. The zero-order valence-corrected chi connectivity index (χ0v) is 19.1. The van der Waals surface area contributed by atoms with Crippen molar-refractivity contribution in [2.45, 2.75) is 84.3 Å². The van der Waals surface area contributed by atoms with Crippen LogP contribution in [0.1, 0.15) is 72.6 Å². The number of hydrogen-bond acceptors (Lipinski definition) is 4. The maximum atomic E-state index is 10.8. The monoisotopic (exact) mass is 420 g/mol. The van der Waals surface area contributed by atoms with E-state index in [4.69, 9.17) is 14.6 Å². The standard InChI is InChI=1S/C24H36O4S/c1-17(7-5-9-19(3)23(25)26)8-6-13-24(4)14-12-20-15-21(27-16-29)11-10-18(2)22(20)28-24/h9-11,15,17,21,29H,5-8,12-14,16H2,1-4H3,(H,25,26)/b19-9+. The summed E-state index contributed by atoms with van der Waals surface area (Å²) in [7, 11) is 0. The van der Waals surface area contributed by atoms with E-state index in [1.807, 2.05) is 6.08 Å². The van der Waals surface area contributed by atoms with Crippen molar-refractivity contribution in [3.8, 4) is 0 Å². The molecule has 0 amide bonds. The third-order valence-electron chi connectivity index (χ3n) is 5.94. The highest BCUT2D eigenvalue weighted by atomic mass is 32.1. The smallest absolute Gasteiger partial charge is 0.330 e. The van der Waals surface area contributed by atoms with Crippen LogP contribution >= 0.6 is 12.6 Å². The maximum Gasteiger partial charge on any atom is 0.330 e. The quantitative estimate of drug-likeness (QED) is 0.250. The molecule has 1 aliphatic carbocycles. The first kappa shape index (κ1) is 23.8. The predicted octanol–water partition coefficient (Wildman–Crippen LogP) is 6.22. The third-order valence-corrected chi connectivity index (χ3v) is 6.09. The molecule has 0 saturated carbocycles. The number of carboxylic acid groups (broad SMARTS) is 1. The lowest BCUT2D eigenvalue weighted by Gasteiger charge is -2.38. The Morgan fingerprint density at radius 2 is 2.24 bits per heavy atom. The number of rotatable bonds is 10. The highest BCUT2D eigenvalue weighted by Gasteiger charge is 2.34. The summed E-state index contributed by atoms with van der Waals surface area (Å²) in [5, 5.41) is 8.92. The molecule has 1 fully saturated rings. The first-order valence-electron chi connectivity index (χ1n) is 10.7. The normalized spacial score (nSPS) is 25.8. The Morgan fingerprint density at radius 3 is 2.93 bits per heavy atom. The minimum Gasteiger partial charge on any atom is -0.487 e. The van der Waals surface area contributed by atoms with Gasteiger partial charge in [-0.15, -0.1) is 0 Å². The molecule has 1 heterocycles. The zero-order valence-electron chi connectivity index (χ0n) is 18.2. The van der Waals surface area contributed by atoms with Crippen LogP contribution in [0.4, 0.5) is 0 Å². The Labute approximate surface area is 181 Å². The molecule has 2 rings (SSSR count). The lowest BCUT2D eigenvalue weighted by atomic mass is 9.85. The molecule has 3 unspecified atom stereocenters. The Bertz CT molecular complexity index is 704. The Kier molecular flexibility index (Phi) is 9.09. The molecule has 0 spiro atoms. The fourth-order valence-corrected chi connectivity index (χ4v) is 4.12. The van der Waals surface area contributed by atoms with Gasteiger partial charge in [0.2, 0.25) is 0 Å². The third kappa shape index (κ3) is 7.38. The Hall–Kier alpha value is -1.46. The summed E-state index contributed by atoms with van der Waals surface area (Å²) >= 11 is 4.17. The van der Waals surface area contributed by atoms with Crippen LogP contribution in [0.2, 0.25) is 0 Å². The zero-order chi connectivity index (χ0) is 21.4. The molecule has 0 radical (unpaired) electrons. The molecule has 2 aliphatic rings. The second-order valence-corrected chi connectivity index (χ2v) is 8.90. The minimum absolute atomic E-state index is 0.0393. The van der Waals surface area contributed by atoms with Crippen LogP contribution in [0.5, 0.6) is 0 Å². The van der Waals surface area contributed by atoms with E-state index < -0.39 is 5.97 Å². The molecule has 29 heavy (non-hydrogen) atoms. The number of fused-ring (bicyclic) bond motifs is 1. The molecule has 1 aliphatic heterocycles. The molecule has 0 bridgehead atoms. The highest BCUT2D eigenvalue weighted by molar-refractivity contribution is 7.80. The van der Waals surface area contributed by atoms with Gasteiger partial charge >= 0.3 is 5.97 Å². The minimum atomic E-state index is -0.824. The average Bonchev–Trinajstić information content (AvgIpc) is 2.81. The summed E-state index contributed by atoms with van der Waals surface area (Å²) in [6.45, 7) is 8.23. The second-order valence-electron chi connectivity index (χ2n) is 8.64. The number of carbonyl (C=O) groups is 1. The Morgan fingerprint density at radius 1 is 1.48 bits per heavy atom. The molecule has 1 N–H and O–H groups in total. The van der Waals surface area contributed by atoms with Crippen molar-refractivity contribution >= 4 is 18.6 Å². The van der Waals surface area contributed by atoms with Crippen molar-refractivity contribution in [3.05, 3.63) is 46.8 Å². The van der Waals surface area contributed by atoms with E-state index in [0.29, 0.717) is 17.4 Å². The molecule has 3 atom stereocenters. The van der Waals surface area contributed by atoms with E-state index in [1.54, 1.807) is 6.92 Å². The van der Waals surface area contributed by atoms with Gasteiger partial charge in [0, 0.05) is 5.57 Å². The molecular weight excluding hydrogens is 384 g/mol. The lowest BCUT2D eigenvalue weighted by molar-refractivity contribution is -0.132. The summed E-state index contributed by atoms with van der Waals surface area (Å²) < 4.78 is 12.2. The van der Waals surface area contributed by atoms with Crippen LogP contribution < -0.4 is 0 Å². The van der Waals surface area contributed by atoms with Crippen LogP contribution in [-0.2, 0) is 14.3 Å². The van der Waals surface area contributed by atoms with Crippen molar-refractivity contribution in [1.29, 1.82) is 0 Å². The van der Waals surface area contributed by atoms with E-state index in [9.17, 15) is 4.79 Å². The van der Waals surface area contributed by atoms with E-state index in [-0.39, 0.29) is 11.7 Å². The molecule has 0 aromatic rings. The van der Waals surface area contributed by atoms with Crippen LogP contribution in [-0.4, -0.2) is 28.7 Å². The van der Waals surface area contributed by atoms with Gasteiger partial charge < -0.3 is 14.6 Å². The fraction of sp³-hybridized carbons (Fsp3) is 0.625. The highest BCUT2D eigenvalue weighted by Crippen LogP contribution is 2.40. The Balaban J connectivity index is 1.85. The van der Waals surface area contributed by atoms with Crippen molar-refractivity contribution in [1.82, 2.24) is 0 Å². The predicted molar refractivity (Wildman–Crippen MR) is 121 cm³/mol. The van der Waals surface area contributed by atoms with Crippen LogP contribution in [0.3, 0.4) is 0 Å². The van der Waals surface area contributed by atoms with Crippen molar-refractivity contribution in [3.63, 3.8) is 0 Å². The number of ether oxygens (including phenoxy) is 2. The number of hydrogen-bond donors (Lipinski definition) is 2. The van der Waals surface area contributed by atoms with Crippen LogP contribution in [0, 0.1) is 5.92 Å². The average molecular weight is 421 g/mol. The van der Waals surface area contributed by atoms with E-state index in [0.717, 1.165) is 56.3 Å². The van der Waals surface area contributed by atoms with Gasteiger partial charge in [0.1, 0.15) is 11.4 Å². The SMILES string of the molecule is CC1=C2OC(C)(CCCC(C)CC/C=C(\C)C(=O)O)CCC2=CC(OCS)C=C1. The van der Waals surface area contributed by atoms with Gasteiger partial charge in [0.25, 0.3) is 0 Å². The second kappa shape index (κ2) is 11.1. The molecule has 162 valence electrons. The van der Waals surface area contributed by atoms with Gasteiger partial charge in [-0.25, -0.2) is 4.79 Å². The van der Waals surface area contributed by atoms with Gasteiger partial charge in [-0.05, 0) is 82.4 Å². The largest absolute Gasteiger partial charge is 0.487 e. The van der Waals surface area contributed by atoms with E-state index in [1.165, 1.54) is 5.57 Å². The summed E-state index contributed by atoms with van der Waals surface area (Å²) in [5.41, 5.74) is 2.70. The van der Waals surface area contributed by atoms with Crippen molar-refractivity contribution in [2.75, 3.05) is 5.94 Å². The summed E-state index contributed by atoms with van der Waals surface area (Å²) in [6, 6.07) is 0. The van der Waals surface area contributed by atoms with E-state index in [2.05, 4.69) is 51.6 Å². The summed E-state index contributed by atoms with van der Waals surface area (Å²) in [4.78, 5) is 10.8. The van der Waals surface area contributed by atoms with Gasteiger partial charge in [-0.3, -0.25) is 0 Å². The van der Waals surface area contributed by atoms with Gasteiger partial charge in [-0.2, -0.15) is 12.6 Å². The summed E-state index contributed by atoms with van der Waals surface area (Å²) in [5.74, 6) is 1.17. The molecule has 1 saturated heterocycles.